The van der Waals surface area contributed by atoms with Gasteiger partial charge in [0.05, 0.1) is 6.04 Å². The molecule has 4 aliphatic rings. The van der Waals surface area contributed by atoms with Gasteiger partial charge in [0.1, 0.15) is 0 Å². The Kier molecular flexibility index (Phi) is 3.02. The molecule has 0 spiro atoms. The average molecular weight is 259 g/mol. The van der Waals surface area contributed by atoms with Crippen molar-refractivity contribution >= 4 is 0 Å². The molecule has 1 nitrogen and oxygen atoms in total. The summed E-state index contributed by atoms with van der Waals surface area (Å²) in [5.41, 5.74) is 1.77. The number of rotatable bonds is 4. The molecule has 0 aromatic rings. The zero-order valence-electron chi connectivity index (χ0n) is 12.9. The molecule has 4 aliphatic carbocycles. The topological polar surface area (TPSA) is 12.0 Å². The molecule has 0 aromatic heterocycles. The third-order valence-corrected chi connectivity index (χ3v) is 6.03. The van der Waals surface area contributed by atoms with Gasteiger partial charge in [-0.3, -0.25) is 0 Å². The molecule has 1 N–H and O–H groups in total. The monoisotopic (exact) mass is 259 g/mol. The fourth-order valence-corrected chi connectivity index (χ4v) is 6.78. The first-order valence-electron chi connectivity index (χ1n) is 8.10. The smallest absolute Gasteiger partial charge is 0.0692 e. The summed E-state index contributed by atoms with van der Waals surface area (Å²) in [6.45, 7) is 8.24. The van der Waals surface area contributed by atoms with Crippen molar-refractivity contribution in [3.63, 3.8) is 0 Å². The van der Waals surface area contributed by atoms with Crippen molar-refractivity contribution in [1.82, 2.24) is 5.32 Å². The molecular formula is C18H29N. The Balaban J connectivity index is 1.82. The van der Waals surface area contributed by atoms with Gasteiger partial charge in [0.15, 0.2) is 0 Å². The minimum atomic E-state index is 0.286. The van der Waals surface area contributed by atoms with Crippen LogP contribution in [0.2, 0.25) is 0 Å². The maximum Gasteiger partial charge on any atom is 0.0692 e. The van der Waals surface area contributed by atoms with Crippen molar-refractivity contribution in [2.45, 2.75) is 71.8 Å². The Labute approximate surface area is 118 Å². The van der Waals surface area contributed by atoms with E-state index in [2.05, 4.69) is 32.0 Å². The fraction of sp³-hybridized carbons (Fsp3) is 0.889. The Morgan fingerprint density at radius 1 is 1.16 bits per heavy atom. The summed E-state index contributed by atoms with van der Waals surface area (Å²) in [4.78, 5) is 0. The number of hydrogen-bond acceptors (Lipinski definition) is 1. The summed E-state index contributed by atoms with van der Waals surface area (Å²) in [6.07, 6.45) is 15.7. The van der Waals surface area contributed by atoms with Crippen LogP contribution in [0.15, 0.2) is 0 Å². The van der Waals surface area contributed by atoms with E-state index >= 15 is 0 Å². The third-order valence-electron chi connectivity index (χ3n) is 6.03. The summed E-state index contributed by atoms with van der Waals surface area (Å²) in [5, 5.41) is 3.50. The van der Waals surface area contributed by atoms with Gasteiger partial charge in [-0.15, -0.1) is 6.42 Å². The number of nitrogens with one attached hydrogen (secondary N) is 1. The van der Waals surface area contributed by atoms with Crippen LogP contribution in [-0.2, 0) is 0 Å². The number of hydrogen-bond donors (Lipinski definition) is 1. The molecule has 4 rings (SSSR count). The molecule has 1 heteroatoms. The van der Waals surface area contributed by atoms with E-state index in [0.29, 0.717) is 16.2 Å². The lowest BCUT2D eigenvalue weighted by atomic mass is 9.39. The summed E-state index contributed by atoms with van der Waals surface area (Å²) < 4.78 is 0. The molecule has 4 bridgehead atoms. The van der Waals surface area contributed by atoms with Crippen LogP contribution in [0.1, 0.15) is 65.7 Å². The van der Waals surface area contributed by atoms with E-state index in [1.165, 1.54) is 44.9 Å². The summed E-state index contributed by atoms with van der Waals surface area (Å²) >= 11 is 0. The SMILES string of the molecule is C#CC(CC12CC3CC(C)(CC(C)(C3)C1)C2)NCC. The second-order valence-electron chi connectivity index (χ2n) is 8.61. The first kappa shape index (κ1) is 13.5. The van der Waals surface area contributed by atoms with Gasteiger partial charge in [-0.1, -0.05) is 26.7 Å². The third kappa shape index (κ3) is 2.33. The highest BCUT2D eigenvalue weighted by atomic mass is 14.9. The maximum atomic E-state index is 5.74. The Bertz CT molecular complexity index is 386. The largest absolute Gasteiger partial charge is 0.304 e. The lowest BCUT2D eigenvalue weighted by Gasteiger charge is -2.66. The van der Waals surface area contributed by atoms with E-state index in [9.17, 15) is 0 Å². The molecule has 0 amide bonds. The van der Waals surface area contributed by atoms with Crippen molar-refractivity contribution in [2.24, 2.45) is 22.2 Å². The molecule has 0 aromatic carbocycles. The first-order chi connectivity index (χ1) is 8.90. The van der Waals surface area contributed by atoms with Crippen LogP contribution in [0, 0.1) is 34.5 Å². The van der Waals surface area contributed by atoms with Crippen LogP contribution in [0.25, 0.3) is 0 Å². The highest BCUT2D eigenvalue weighted by molar-refractivity contribution is 5.13. The van der Waals surface area contributed by atoms with E-state index in [1.54, 1.807) is 0 Å². The van der Waals surface area contributed by atoms with Crippen LogP contribution < -0.4 is 5.32 Å². The summed E-state index contributed by atoms with van der Waals surface area (Å²) in [5.74, 6) is 3.97. The van der Waals surface area contributed by atoms with Crippen LogP contribution in [0.3, 0.4) is 0 Å². The fourth-order valence-electron chi connectivity index (χ4n) is 6.78. The van der Waals surface area contributed by atoms with E-state index in [-0.39, 0.29) is 6.04 Å². The first-order valence-corrected chi connectivity index (χ1v) is 8.10. The van der Waals surface area contributed by atoms with Crippen molar-refractivity contribution in [2.75, 3.05) is 6.54 Å². The standard InChI is InChI=1S/C18H29N/c1-5-15(19-6-2)10-18-9-14-7-16(3,12-18)11-17(4,8-14)13-18/h1,14-15,19H,6-13H2,2-4H3. The second kappa shape index (κ2) is 4.26. The van der Waals surface area contributed by atoms with Gasteiger partial charge < -0.3 is 5.32 Å². The quantitative estimate of drug-likeness (QED) is 0.753. The van der Waals surface area contributed by atoms with Gasteiger partial charge in [-0.2, -0.15) is 0 Å². The predicted octanol–water partition coefficient (Wildman–Crippen LogP) is 3.98. The molecule has 106 valence electrons. The average Bonchev–Trinajstić information content (AvgIpc) is 2.22. The van der Waals surface area contributed by atoms with E-state index in [0.717, 1.165) is 12.5 Å². The highest BCUT2D eigenvalue weighted by Crippen LogP contribution is 2.70. The molecule has 4 saturated carbocycles. The van der Waals surface area contributed by atoms with E-state index in [1.807, 2.05) is 0 Å². The normalized spacial score (nSPS) is 49.1. The lowest BCUT2D eigenvalue weighted by Crippen LogP contribution is -2.56. The zero-order valence-corrected chi connectivity index (χ0v) is 12.9. The predicted molar refractivity (Wildman–Crippen MR) is 80.8 cm³/mol. The maximum absolute atomic E-state index is 5.74. The lowest BCUT2D eigenvalue weighted by molar-refractivity contribution is -0.148. The van der Waals surface area contributed by atoms with Crippen molar-refractivity contribution in [3.8, 4) is 12.3 Å². The van der Waals surface area contributed by atoms with Crippen molar-refractivity contribution in [1.29, 1.82) is 0 Å². The summed E-state index contributed by atoms with van der Waals surface area (Å²) in [6, 6.07) is 0.286. The van der Waals surface area contributed by atoms with Gasteiger partial charge in [0, 0.05) is 0 Å². The molecule has 0 aliphatic heterocycles. The van der Waals surface area contributed by atoms with Crippen LogP contribution in [0.5, 0.6) is 0 Å². The van der Waals surface area contributed by atoms with Gasteiger partial charge in [-0.05, 0) is 73.7 Å². The Morgan fingerprint density at radius 2 is 1.79 bits per heavy atom. The van der Waals surface area contributed by atoms with Crippen molar-refractivity contribution in [3.05, 3.63) is 0 Å². The van der Waals surface area contributed by atoms with E-state index < -0.39 is 0 Å². The molecule has 19 heavy (non-hydrogen) atoms. The minimum Gasteiger partial charge on any atom is -0.304 e. The molecule has 0 saturated heterocycles. The zero-order chi connectivity index (χ0) is 13.7. The molecule has 0 radical (unpaired) electrons. The Hall–Kier alpha value is -0.480. The minimum absolute atomic E-state index is 0.286. The van der Waals surface area contributed by atoms with Crippen LogP contribution in [-0.4, -0.2) is 12.6 Å². The van der Waals surface area contributed by atoms with Crippen molar-refractivity contribution < 1.29 is 0 Å². The van der Waals surface area contributed by atoms with Crippen LogP contribution in [0.4, 0.5) is 0 Å². The second-order valence-corrected chi connectivity index (χ2v) is 8.61. The van der Waals surface area contributed by atoms with Gasteiger partial charge >= 0.3 is 0 Å². The molecule has 4 fully saturated rings. The Morgan fingerprint density at radius 3 is 2.26 bits per heavy atom. The molecular weight excluding hydrogens is 230 g/mol. The molecule has 0 heterocycles. The van der Waals surface area contributed by atoms with E-state index in [4.69, 9.17) is 6.42 Å². The number of terminal acetylenes is 1. The molecule has 3 unspecified atom stereocenters. The molecule has 3 atom stereocenters. The van der Waals surface area contributed by atoms with Crippen LogP contribution >= 0.6 is 0 Å². The van der Waals surface area contributed by atoms with Gasteiger partial charge in [0.25, 0.3) is 0 Å². The summed E-state index contributed by atoms with van der Waals surface area (Å²) in [7, 11) is 0. The highest BCUT2D eigenvalue weighted by Gasteiger charge is 2.59. The van der Waals surface area contributed by atoms with Gasteiger partial charge in [0.2, 0.25) is 0 Å². The van der Waals surface area contributed by atoms with Gasteiger partial charge in [-0.25, -0.2) is 0 Å².